The van der Waals surface area contributed by atoms with E-state index in [1.807, 2.05) is 60.7 Å². The molecule has 0 spiro atoms. The van der Waals surface area contributed by atoms with Crippen LogP contribution in [-0.4, -0.2) is 59.1 Å². The minimum Gasteiger partial charge on any atom is -0.445 e. The number of sulfonamides is 1. The number of esters is 1. The minimum absolute atomic E-state index is 0.0844. The van der Waals surface area contributed by atoms with Crippen molar-refractivity contribution >= 4 is 56.0 Å². The first-order valence-corrected chi connectivity index (χ1v) is 16.3. The lowest BCUT2D eigenvalue weighted by Crippen LogP contribution is -2.78. The number of ether oxygens (including phenoxy) is 1. The van der Waals surface area contributed by atoms with Gasteiger partial charge < -0.3 is 10.1 Å². The van der Waals surface area contributed by atoms with Gasteiger partial charge in [-0.2, -0.15) is 4.48 Å². The molecular weight excluding hydrogens is 585 g/mol. The molecule has 41 heavy (non-hydrogen) atoms. The van der Waals surface area contributed by atoms with Crippen molar-refractivity contribution in [1.82, 2.24) is 10.3 Å². The highest BCUT2D eigenvalue weighted by Crippen LogP contribution is 2.47. The van der Waals surface area contributed by atoms with Crippen LogP contribution in [0.2, 0.25) is 0 Å². The van der Waals surface area contributed by atoms with E-state index in [9.17, 15) is 22.8 Å². The van der Waals surface area contributed by atoms with Crippen molar-refractivity contribution in [3.63, 3.8) is 0 Å². The molecule has 10 nitrogen and oxygen atoms in total. The van der Waals surface area contributed by atoms with E-state index in [1.54, 1.807) is 6.08 Å². The van der Waals surface area contributed by atoms with Crippen LogP contribution < -0.4 is 10.0 Å². The van der Waals surface area contributed by atoms with E-state index >= 15 is 0 Å². The Kier molecular flexibility index (Phi) is 8.13. The van der Waals surface area contributed by atoms with Crippen molar-refractivity contribution in [2.75, 3.05) is 16.7 Å². The van der Waals surface area contributed by atoms with Gasteiger partial charge in [0.1, 0.15) is 6.20 Å². The molecule has 1 fully saturated rings. The number of aromatic nitrogens is 1. The van der Waals surface area contributed by atoms with Crippen LogP contribution in [0.5, 0.6) is 0 Å². The molecule has 1 aromatic heterocycles. The van der Waals surface area contributed by atoms with Crippen LogP contribution >= 0.6 is 23.1 Å². The topological polar surface area (TPSA) is 132 Å². The number of thioether (sulfide) groups is 1. The molecule has 13 heteroatoms. The van der Waals surface area contributed by atoms with E-state index in [0.717, 1.165) is 28.7 Å². The fourth-order valence-corrected chi connectivity index (χ4v) is 7.89. The second-order valence-electron chi connectivity index (χ2n) is 9.45. The molecule has 0 radical (unpaired) electrons. The van der Waals surface area contributed by atoms with Gasteiger partial charge in [-0.05, 0) is 23.8 Å². The maximum atomic E-state index is 13.7. The number of anilines is 1. The molecule has 0 bridgehead atoms. The number of benzene rings is 2. The summed E-state index contributed by atoms with van der Waals surface area (Å²) < 4.78 is 30.7. The summed E-state index contributed by atoms with van der Waals surface area (Å²) in [7, 11) is -3.49. The summed E-state index contributed by atoms with van der Waals surface area (Å²) in [4.78, 5) is 44.6. The Morgan fingerprint density at radius 2 is 1.78 bits per heavy atom. The molecule has 2 aliphatic rings. The number of quaternary nitrogens is 1. The van der Waals surface area contributed by atoms with E-state index in [1.165, 1.54) is 24.2 Å². The van der Waals surface area contributed by atoms with Gasteiger partial charge in [0.2, 0.25) is 27.7 Å². The number of hydrogen-bond donors (Lipinski definition) is 2. The van der Waals surface area contributed by atoms with Crippen LogP contribution in [0.25, 0.3) is 0 Å². The number of carbonyl (C=O) groups is 3. The molecule has 1 saturated heterocycles. The van der Waals surface area contributed by atoms with Crippen LogP contribution in [0, 0.1) is 0 Å². The number of rotatable bonds is 10. The largest absolute Gasteiger partial charge is 0.445 e. The quantitative estimate of drug-likeness (QED) is 0.203. The van der Waals surface area contributed by atoms with Gasteiger partial charge in [-0.1, -0.05) is 72.4 Å². The second-order valence-corrected chi connectivity index (χ2v) is 13.5. The average molecular weight is 612 g/mol. The van der Waals surface area contributed by atoms with E-state index in [4.69, 9.17) is 4.74 Å². The number of amides is 2. The predicted molar refractivity (Wildman–Crippen MR) is 157 cm³/mol. The first-order valence-electron chi connectivity index (χ1n) is 12.5. The van der Waals surface area contributed by atoms with Crippen LogP contribution in [0.1, 0.15) is 22.1 Å². The number of nitrogens with zero attached hydrogens (tertiary/aromatic N) is 2. The molecule has 212 valence electrons. The molecule has 0 saturated carbocycles. The molecule has 2 N–H and O–H groups in total. The molecule has 2 aliphatic heterocycles. The third-order valence-corrected chi connectivity index (χ3v) is 9.58. The molecule has 2 amide bonds. The summed E-state index contributed by atoms with van der Waals surface area (Å²) >= 11 is 2.47. The normalized spacial score (nSPS) is 21.7. The lowest BCUT2D eigenvalue weighted by atomic mass is 9.98. The number of fused-ring (bicyclic) bond motifs is 1. The third kappa shape index (κ3) is 5.84. The summed E-state index contributed by atoms with van der Waals surface area (Å²) in [5.41, 5.74) is 1.74. The van der Waals surface area contributed by atoms with Gasteiger partial charge in [-0.15, -0.1) is 11.3 Å². The van der Waals surface area contributed by atoms with Gasteiger partial charge in [0, 0.05) is 16.8 Å². The van der Waals surface area contributed by atoms with Crippen LogP contribution in [0.3, 0.4) is 0 Å². The number of β-lactam (4-membered cyclic amide) rings is 1. The SMILES string of the molecule is C=C[N+]12C(=O)C(NC(=O)Cc3cnc(NS(C)(=O)=O)s3)[C@@H]1SCC=C2C(=O)OC(c1ccccc1)c1ccccc1. The Morgan fingerprint density at radius 1 is 1.15 bits per heavy atom. The molecule has 3 heterocycles. The third-order valence-electron chi connectivity index (χ3n) is 6.66. The standard InChI is InChI=1S/C28H26N4O6S3/c1-3-32-21(27(35)38-24(18-10-6-4-7-11-18)19-12-8-5-9-13-19)14-15-39-26(32)23(25(32)34)30-22(33)16-20-17-29-28(40-20)31-41(2,36)37/h3-14,17,23-24,26H,1,15-16H2,2H3,(H-,29,30,31,33)/p+1/t23?,26-,32?/m0/s1. The molecule has 2 unspecified atom stereocenters. The summed E-state index contributed by atoms with van der Waals surface area (Å²) in [6.07, 6.45) is 4.75. The van der Waals surface area contributed by atoms with Gasteiger partial charge in [0.15, 0.2) is 16.6 Å². The monoisotopic (exact) mass is 611 g/mol. The summed E-state index contributed by atoms with van der Waals surface area (Å²) in [6, 6.07) is 17.9. The molecular formula is C28H27N4O6S3+. The van der Waals surface area contributed by atoms with Crippen molar-refractivity contribution in [2.45, 2.75) is 23.9 Å². The van der Waals surface area contributed by atoms with E-state index in [2.05, 4.69) is 21.6 Å². The Labute approximate surface area is 245 Å². The second kappa shape index (κ2) is 11.6. The smallest absolute Gasteiger partial charge is 0.394 e. The summed E-state index contributed by atoms with van der Waals surface area (Å²) in [5.74, 6) is -1.01. The first-order chi connectivity index (χ1) is 19.6. The number of hydrogen-bond acceptors (Lipinski definition) is 9. The van der Waals surface area contributed by atoms with Crippen molar-refractivity contribution in [3.05, 3.63) is 107 Å². The van der Waals surface area contributed by atoms with Crippen molar-refractivity contribution in [2.24, 2.45) is 0 Å². The van der Waals surface area contributed by atoms with Gasteiger partial charge >= 0.3 is 11.9 Å². The lowest BCUT2D eigenvalue weighted by molar-refractivity contribution is -0.803. The van der Waals surface area contributed by atoms with E-state index in [0.29, 0.717) is 10.6 Å². The Hall–Kier alpha value is -3.78. The molecule has 5 rings (SSSR count). The zero-order valence-electron chi connectivity index (χ0n) is 21.9. The summed E-state index contributed by atoms with van der Waals surface area (Å²) in [6.45, 7) is 3.86. The number of carbonyl (C=O) groups excluding carboxylic acids is 3. The fraction of sp³-hybridized carbons (Fsp3) is 0.214. The van der Waals surface area contributed by atoms with Gasteiger partial charge in [-0.3, -0.25) is 9.52 Å². The molecule has 3 aromatic rings. The molecule has 2 aromatic carbocycles. The minimum atomic E-state index is -3.49. The zero-order chi connectivity index (χ0) is 29.2. The maximum Gasteiger partial charge on any atom is 0.394 e. The van der Waals surface area contributed by atoms with Gasteiger partial charge in [-0.25, -0.2) is 23.0 Å². The lowest BCUT2D eigenvalue weighted by Gasteiger charge is -2.51. The van der Waals surface area contributed by atoms with Crippen LogP contribution in [0.4, 0.5) is 5.13 Å². The van der Waals surface area contributed by atoms with Crippen LogP contribution in [0.15, 0.2) is 91.4 Å². The maximum absolute atomic E-state index is 13.7. The molecule has 0 aliphatic carbocycles. The van der Waals surface area contributed by atoms with Gasteiger partial charge in [0.05, 0.1) is 12.7 Å². The van der Waals surface area contributed by atoms with Crippen LogP contribution in [-0.2, 0) is 35.6 Å². The van der Waals surface area contributed by atoms with Gasteiger partial charge in [0.25, 0.3) is 0 Å². The predicted octanol–water partition coefficient (Wildman–Crippen LogP) is 3.33. The van der Waals surface area contributed by atoms with E-state index < -0.39 is 49.8 Å². The van der Waals surface area contributed by atoms with Crippen molar-refractivity contribution < 1.29 is 32.0 Å². The zero-order valence-corrected chi connectivity index (χ0v) is 24.4. The Morgan fingerprint density at radius 3 is 2.37 bits per heavy atom. The highest BCUT2D eigenvalue weighted by Gasteiger charge is 2.68. The van der Waals surface area contributed by atoms with Crippen molar-refractivity contribution in [1.29, 1.82) is 0 Å². The van der Waals surface area contributed by atoms with E-state index in [-0.39, 0.29) is 17.2 Å². The average Bonchev–Trinajstić information content (AvgIpc) is 3.39. The summed E-state index contributed by atoms with van der Waals surface area (Å²) in [5, 5.41) is 2.43. The first kappa shape index (κ1) is 28.7. The highest BCUT2D eigenvalue weighted by molar-refractivity contribution is 8.00. The fourth-order valence-electron chi connectivity index (χ4n) is 4.87. The number of nitrogens with one attached hydrogen (secondary N) is 2. The highest BCUT2D eigenvalue weighted by atomic mass is 32.2. The molecule has 3 atom stereocenters. The number of thiazole rings is 1. The van der Waals surface area contributed by atoms with Crippen molar-refractivity contribution in [3.8, 4) is 0 Å². The Bertz CT molecular complexity index is 1580. The Balaban J connectivity index is 1.31.